The van der Waals surface area contributed by atoms with E-state index >= 15 is 0 Å². The van der Waals surface area contributed by atoms with Crippen molar-refractivity contribution in [2.24, 2.45) is 4.40 Å². The zero-order chi connectivity index (χ0) is 30.0. The van der Waals surface area contributed by atoms with E-state index in [1.54, 1.807) is 24.3 Å². The predicted molar refractivity (Wildman–Crippen MR) is 168 cm³/mol. The smallest absolute Gasteiger partial charge is 0.283 e. The quantitative estimate of drug-likeness (QED) is 0.232. The molecule has 1 spiro atoms. The highest BCUT2D eigenvalue weighted by atomic mass is 32.2. The van der Waals surface area contributed by atoms with Gasteiger partial charge in [0.2, 0.25) is 0 Å². The molecule has 8 heteroatoms. The van der Waals surface area contributed by atoms with Crippen LogP contribution in [0.5, 0.6) is 0 Å². The molecule has 43 heavy (non-hydrogen) atoms. The van der Waals surface area contributed by atoms with Gasteiger partial charge in [-0.25, -0.2) is 5.06 Å². The van der Waals surface area contributed by atoms with E-state index in [-0.39, 0.29) is 23.2 Å². The number of aryl methyl sites for hydroxylation is 1. The van der Waals surface area contributed by atoms with Gasteiger partial charge in [0.05, 0.1) is 22.3 Å². The molecule has 2 aliphatic rings. The van der Waals surface area contributed by atoms with Crippen molar-refractivity contribution < 1.29 is 18.0 Å². The molecule has 0 saturated carbocycles. The van der Waals surface area contributed by atoms with Crippen molar-refractivity contribution in [3.63, 3.8) is 0 Å². The molecule has 2 aliphatic heterocycles. The molecule has 220 valence electrons. The van der Waals surface area contributed by atoms with Gasteiger partial charge in [0.25, 0.3) is 15.9 Å². The SMILES string of the molecule is CCCCC1N(OCc2ccccc2)C(=O)C(c2ccccc2)C12/C(=N/S(=O)(=O)c1ccc(C)cc1)Nc1ccccc12. The number of hydrogen-bond donors (Lipinski definition) is 1. The number of nitrogens with zero attached hydrogens (tertiary/aromatic N) is 2. The lowest BCUT2D eigenvalue weighted by Gasteiger charge is -2.37. The molecule has 7 nitrogen and oxygen atoms in total. The van der Waals surface area contributed by atoms with Crippen LogP contribution >= 0.6 is 0 Å². The van der Waals surface area contributed by atoms with E-state index in [1.807, 2.05) is 91.9 Å². The van der Waals surface area contributed by atoms with Crippen molar-refractivity contribution >= 4 is 27.5 Å². The molecule has 2 heterocycles. The Labute approximate surface area is 253 Å². The first kappa shape index (κ1) is 28.8. The minimum Gasteiger partial charge on any atom is -0.342 e. The van der Waals surface area contributed by atoms with Gasteiger partial charge in [0.1, 0.15) is 12.4 Å². The number of amides is 1. The van der Waals surface area contributed by atoms with Crippen molar-refractivity contribution in [2.45, 2.75) is 62.0 Å². The molecule has 1 N–H and O–H groups in total. The minimum atomic E-state index is -4.13. The molecule has 0 aliphatic carbocycles. The normalized spacial score (nSPS) is 22.2. The number of carbonyl (C=O) groups is 1. The molecular weight excluding hydrogens is 558 g/mol. The van der Waals surface area contributed by atoms with Crippen LogP contribution in [0.3, 0.4) is 0 Å². The van der Waals surface area contributed by atoms with E-state index in [0.717, 1.165) is 40.8 Å². The fourth-order valence-electron chi connectivity index (χ4n) is 6.44. The largest absolute Gasteiger partial charge is 0.342 e. The molecule has 0 bridgehead atoms. The molecular formula is C35H35N3O4S. The Balaban J connectivity index is 1.58. The van der Waals surface area contributed by atoms with Gasteiger partial charge in [-0.2, -0.15) is 8.42 Å². The first-order valence-electron chi connectivity index (χ1n) is 14.7. The molecule has 3 atom stereocenters. The molecule has 1 fully saturated rings. The van der Waals surface area contributed by atoms with E-state index in [4.69, 9.17) is 4.84 Å². The third kappa shape index (κ3) is 5.15. The third-order valence-electron chi connectivity index (χ3n) is 8.45. The van der Waals surface area contributed by atoms with E-state index in [0.29, 0.717) is 6.42 Å². The van der Waals surface area contributed by atoms with Crippen LogP contribution in [0.2, 0.25) is 0 Å². The zero-order valence-corrected chi connectivity index (χ0v) is 25.1. The van der Waals surface area contributed by atoms with E-state index < -0.39 is 27.4 Å². The van der Waals surface area contributed by atoms with Crippen LogP contribution in [0.25, 0.3) is 0 Å². The lowest BCUT2D eigenvalue weighted by Crippen LogP contribution is -2.49. The summed E-state index contributed by atoms with van der Waals surface area (Å²) in [6, 6.07) is 33.1. The number of fused-ring (bicyclic) bond motifs is 2. The average molecular weight is 594 g/mol. The Morgan fingerprint density at radius 3 is 2.23 bits per heavy atom. The van der Waals surface area contributed by atoms with Gasteiger partial charge in [-0.05, 0) is 48.2 Å². The maximum Gasteiger partial charge on any atom is 0.283 e. The number of amidine groups is 1. The lowest BCUT2D eigenvalue weighted by atomic mass is 9.65. The topological polar surface area (TPSA) is 88.1 Å². The average Bonchev–Trinajstić information content (AvgIpc) is 3.46. The first-order chi connectivity index (χ1) is 20.9. The Hall–Kier alpha value is -4.27. The van der Waals surface area contributed by atoms with Crippen molar-refractivity contribution in [1.82, 2.24) is 5.06 Å². The van der Waals surface area contributed by atoms with Crippen LogP contribution in [-0.2, 0) is 31.7 Å². The second-order valence-electron chi connectivity index (χ2n) is 11.2. The summed E-state index contributed by atoms with van der Waals surface area (Å²) < 4.78 is 32.3. The summed E-state index contributed by atoms with van der Waals surface area (Å²) in [5.41, 5.74) is 3.09. The number of anilines is 1. The summed E-state index contributed by atoms with van der Waals surface area (Å²) in [6.07, 6.45) is 2.30. The molecule has 4 aromatic rings. The van der Waals surface area contributed by atoms with Crippen LogP contribution in [0.1, 0.15) is 54.4 Å². The molecule has 0 aromatic heterocycles. The Kier molecular flexibility index (Phi) is 7.90. The Morgan fingerprint density at radius 2 is 1.53 bits per heavy atom. The minimum absolute atomic E-state index is 0.0985. The summed E-state index contributed by atoms with van der Waals surface area (Å²) in [4.78, 5) is 21.1. The highest BCUT2D eigenvalue weighted by Crippen LogP contribution is 2.57. The summed E-state index contributed by atoms with van der Waals surface area (Å²) in [5.74, 6) is -0.750. The van der Waals surface area contributed by atoms with Crippen molar-refractivity contribution in [2.75, 3.05) is 5.32 Å². The third-order valence-corrected chi connectivity index (χ3v) is 9.74. The van der Waals surface area contributed by atoms with Crippen LogP contribution in [0.4, 0.5) is 5.69 Å². The zero-order valence-electron chi connectivity index (χ0n) is 24.3. The van der Waals surface area contributed by atoms with Crippen molar-refractivity contribution in [3.05, 3.63) is 131 Å². The number of hydroxylamine groups is 2. The number of para-hydroxylation sites is 1. The highest BCUT2D eigenvalue weighted by Gasteiger charge is 2.67. The fraction of sp³-hybridized carbons (Fsp3) is 0.257. The molecule has 4 aromatic carbocycles. The van der Waals surface area contributed by atoms with Crippen LogP contribution in [0, 0.1) is 6.92 Å². The standard InChI is InChI=1S/C35H35N3O4S/c1-3-4-19-31-35(32(27-15-9-6-10-16-27)33(39)38(31)42-24-26-13-7-5-8-14-26)29-17-11-12-18-30(29)36-34(35)37-43(40,41)28-22-20-25(2)21-23-28/h5-18,20-23,31-32H,3-4,19,24H2,1-2H3,(H,36,37). The summed E-state index contributed by atoms with van der Waals surface area (Å²) >= 11 is 0. The molecule has 0 radical (unpaired) electrons. The summed E-state index contributed by atoms with van der Waals surface area (Å²) in [7, 11) is -4.13. The number of hydrogen-bond acceptors (Lipinski definition) is 4. The maximum absolute atomic E-state index is 14.7. The number of unbranched alkanes of at least 4 members (excludes halogenated alkanes) is 1. The van der Waals surface area contributed by atoms with Gasteiger partial charge >= 0.3 is 0 Å². The van der Waals surface area contributed by atoms with Crippen molar-refractivity contribution in [3.8, 4) is 0 Å². The van der Waals surface area contributed by atoms with Crippen molar-refractivity contribution in [1.29, 1.82) is 0 Å². The van der Waals surface area contributed by atoms with Gasteiger partial charge in [-0.15, -0.1) is 4.40 Å². The maximum atomic E-state index is 14.7. The summed E-state index contributed by atoms with van der Waals surface area (Å²) in [6.45, 7) is 4.21. The Morgan fingerprint density at radius 1 is 0.884 bits per heavy atom. The van der Waals surface area contributed by atoms with Gasteiger partial charge in [0.15, 0.2) is 0 Å². The van der Waals surface area contributed by atoms with Gasteiger partial charge in [-0.1, -0.05) is 116 Å². The van der Waals surface area contributed by atoms with Gasteiger partial charge in [0, 0.05) is 5.69 Å². The van der Waals surface area contributed by atoms with E-state index in [2.05, 4.69) is 16.6 Å². The van der Waals surface area contributed by atoms with Gasteiger partial charge < -0.3 is 5.32 Å². The number of benzene rings is 4. The van der Waals surface area contributed by atoms with E-state index in [9.17, 15) is 13.2 Å². The lowest BCUT2D eigenvalue weighted by molar-refractivity contribution is -0.197. The highest BCUT2D eigenvalue weighted by molar-refractivity contribution is 7.90. The number of nitrogens with one attached hydrogen (secondary N) is 1. The fourth-order valence-corrected chi connectivity index (χ4v) is 7.46. The molecule has 1 saturated heterocycles. The van der Waals surface area contributed by atoms with Crippen LogP contribution in [0.15, 0.2) is 118 Å². The van der Waals surface area contributed by atoms with Gasteiger partial charge in [-0.3, -0.25) is 9.63 Å². The Bertz CT molecular complexity index is 1740. The predicted octanol–water partition coefficient (Wildman–Crippen LogP) is 6.76. The molecule has 1 amide bonds. The number of sulfonamides is 1. The second kappa shape index (κ2) is 11.8. The summed E-state index contributed by atoms with van der Waals surface area (Å²) in [5, 5.41) is 4.87. The number of carbonyl (C=O) groups excluding carboxylic acids is 1. The number of rotatable bonds is 9. The molecule has 3 unspecified atom stereocenters. The van der Waals surface area contributed by atoms with Crippen LogP contribution < -0.4 is 5.32 Å². The first-order valence-corrected chi connectivity index (χ1v) is 16.1. The van der Waals surface area contributed by atoms with Crippen LogP contribution in [-0.4, -0.2) is 31.3 Å². The van der Waals surface area contributed by atoms with E-state index in [1.165, 1.54) is 5.06 Å². The monoisotopic (exact) mass is 593 g/mol. The molecule has 6 rings (SSSR count). The second-order valence-corrected chi connectivity index (χ2v) is 12.8.